The Morgan fingerprint density at radius 2 is 2.39 bits per heavy atom. The first-order chi connectivity index (χ1) is 15.1. The average molecular weight is 476 g/mol. The lowest BCUT2D eigenvalue weighted by molar-refractivity contribution is 0.0531. The van der Waals surface area contributed by atoms with E-state index < -0.39 is 5.97 Å². The van der Waals surface area contributed by atoms with E-state index in [1.807, 2.05) is 17.5 Å². The molecule has 4 rings (SSSR count). The van der Waals surface area contributed by atoms with Crippen molar-refractivity contribution >= 4 is 45.4 Å². The first kappa shape index (κ1) is 21.8. The molecule has 1 atom stereocenters. The molecule has 2 N–H and O–H groups in total. The molecule has 0 radical (unpaired) electrons. The molecule has 162 valence electrons. The molecule has 1 fully saturated rings. The molecule has 0 bridgehead atoms. The third kappa shape index (κ3) is 4.62. The van der Waals surface area contributed by atoms with E-state index in [1.165, 1.54) is 11.8 Å². The summed E-state index contributed by atoms with van der Waals surface area (Å²) in [5.41, 5.74) is 6.90. The molecule has 0 aromatic carbocycles. The molecule has 1 unspecified atom stereocenters. The minimum Gasteiger partial charge on any atom is -0.462 e. The highest BCUT2D eigenvalue weighted by Crippen LogP contribution is 2.36. The van der Waals surface area contributed by atoms with Crippen molar-refractivity contribution in [3.05, 3.63) is 33.5 Å². The van der Waals surface area contributed by atoms with E-state index in [2.05, 4.69) is 20.8 Å². The van der Waals surface area contributed by atoms with E-state index in [0.717, 1.165) is 41.5 Å². The van der Waals surface area contributed by atoms with Crippen LogP contribution in [0.25, 0.3) is 10.7 Å². The van der Waals surface area contributed by atoms with Crippen LogP contribution < -0.4 is 5.73 Å². The largest absolute Gasteiger partial charge is 0.462 e. The van der Waals surface area contributed by atoms with Gasteiger partial charge in [0.25, 0.3) is 0 Å². The van der Waals surface area contributed by atoms with E-state index in [4.69, 9.17) is 15.2 Å². The fraction of sp³-hybridized carbons (Fsp3) is 0.400. The quantitative estimate of drug-likeness (QED) is 0.381. The Hall–Kier alpha value is -2.39. The second-order valence-corrected chi connectivity index (χ2v) is 9.74. The van der Waals surface area contributed by atoms with E-state index in [-0.39, 0.29) is 12.7 Å². The third-order valence-corrected chi connectivity index (χ3v) is 7.72. The Bertz CT molecular complexity index is 1090. The highest BCUT2D eigenvalue weighted by molar-refractivity contribution is 7.98. The summed E-state index contributed by atoms with van der Waals surface area (Å²) >= 11 is 4.12. The number of carbonyl (C=O) groups excluding carboxylic acids is 1. The van der Waals surface area contributed by atoms with Crippen molar-refractivity contribution in [3.63, 3.8) is 0 Å². The van der Waals surface area contributed by atoms with Crippen LogP contribution in [0, 0.1) is 11.3 Å². The molecule has 3 aromatic heterocycles. The fourth-order valence-electron chi connectivity index (χ4n) is 3.38. The smallest absolute Gasteiger partial charge is 0.348 e. The number of anilines is 1. The highest BCUT2D eigenvalue weighted by atomic mass is 32.2. The second kappa shape index (κ2) is 9.82. The molecule has 0 amide bonds. The number of nitrogens with two attached hydrogens (primary N) is 1. The average Bonchev–Trinajstić information content (AvgIpc) is 3.55. The zero-order valence-electron chi connectivity index (χ0n) is 16.9. The number of thioether (sulfide) groups is 1. The summed E-state index contributed by atoms with van der Waals surface area (Å²) in [5, 5.41) is 21.4. The van der Waals surface area contributed by atoms with E-state index >= 15 is 0 Å². The molecule has 11 heteroatoms. The van der Waals surface area contributed by atoms with E-state index in [9.17, 15) is 10.1 Å². The normalized spacial score (nSPS) is 15.8. The van der Waals surface area contributed by atoms with Gasteiger partial charge in [0, 0.05) is 17.9 Å². The number of rotatable bonds is 8. The zero-order valence-corrected chi connectivity index (χ0v) is 19.3. The van der Waals surface area contributed by atoms with Crippen LogP contribution in [0.3, 0.4) is 0 Å². The Balaban J connectivity index is 1.63. The lowest BCUT2D eigenvalue weighted by Gasteiger charge is -2.14. The lowest BCUT2D eigenvalue weighted by Crippen LogP contribution is -2.16. The molecule has 1 saturated heterocycles. The summed E-state index contributed by atoms with van der Waals surface area (Å²) in [7, 11) is 0. The number of carbonyl (C=O) groups is 1. The first-order valence-corrected chi connectivity index (χ1v) is 12.5. The van der Waals surface area contributed by atoms with Gasteiger partial charge >= 0.3 is 5.97 Å². The number of esters is 1. The summed E-state index contributed by atoms with van der Waals surface area (Å²) in [6.07, 6.45) is 2.17. The summed E-state index contributed by atoms with van der Waals surface area (Å²) in [6, 6.07) is 6.12. The van der Waals surface area contributed by atoms with Crippen molar-refractivity contribution in [2.75, 3.05) is 18.9 Å². The van der Waals surface area contributed by atoms with Crippen molar-refractivity contribution in [1.82, 2.24) is 14.8 Å². The van der Waals surface area contributed by atoms with Crippen molar-refractivity contribution < 1.29 is 14.3 Å². The van der Waals surface area contributed by atoms with Crippen LogP contribution in [0.5, 0.6) is 0 Å². The van der Waals surface area contributed by atoms with Gasteiger partial charge < -0.3 is 15.2 Å². The Labute approximate surface area is 192 Å². The van der Waals surface area contributed by atoms with Crippen LogP contribution in [-0.2, 0) is 21.8 Å². The Kier molecular flexibility index (Phi) is 6.92. The standard InChI is InChI=1S/C20H21N5O3S3/c1-2-27-19(26)16-14(13(9-21)17(22)31-16)11-30-20-24-23-18(15-6-4-8-29-15)25(20)10-12-5-3-7-28-12/h4,6,8,12H,2-3,5,7,10-11,22H2,1H3. The molecule has 1 aliphatic rings. The van der Waals surface area contributed by atoms with Gasteiger partial charge in [0.2, 0.25) is 0 Å². The number of thiophene rings is 2. The van der Waals surface area contributed by atoms with Gasteiger partial charge in [-0.25, -0.2) is 4.79 Å². The third-order valence-electron chi connectivity index (χ3n) is 4.82. The van der Waals surface area contributed by atoms with Gasteiger partial charge in [0.1, 0.15) is 15.9 Å². The van der Waals surface area contributed by atoms with Gasteiger partial charge in [-0.2, -0.15) is 5.26 Å². The number of nitrogen functional groups attached to an aromatic ring is 1. The molecule has 4 heterocycles. The highest BCUT2D eigenvalue weighted by Gasteiger charge is 2.25. The van der Waals surface area contributed by atoms with Crippen molar-refractivity contribution in [2.24, 2.45) is 0 Å². The molecular formula is C20H21N5O3S3. The second-order valence-electron chi connectivity index (χ2n) is 6.80. The SMILES string of the molecule is CCOC(=O)c1sc(N)c(C#N)c1CSc1nnc(-c2cccs2)n1CC1CCCO1. The van der Waals surface area contributed by atoms with Gasteiger partial charge in [0.15, 0.2) is 11.0 Å². The number of nitriles is 1. The first-order valence-electron chi connectivity index (χ1n) is 9.82. The number of hydrogen-bond donors (Lipinski definition) is 1. The molecule has 1 aliphatic heterocycles. The predicted octanol–water partition coefficient (Wildman–Crippen LogP) is 4.17. The molecule has 8 nitrogen and oxygen atoms in total. The van der Waals surface area contributed by atoms with Crippen LogP contribution in [0.1, 0.15) is 40.6 Å². The maximum absolute atomic E-state index is 12.4. The maximum atomic E-state index is 12.4. The van der Waals surface area contributed by atoms with Gasteiger partial charge in [-0.15, -0.1) is 32.9 Å². The van der Waals surface area contributed by atoms with Gasteiger partial charge in [-0.05, 0) is 31.2 Å². The van der Waals surface area contributed by atoms with E-state index in [0.29, 0.717) is 38.5 Å². The van der Waals surface area contributed by atoms with Crippen LogP contribution >= 0.6 is 34.4 Å². The minimum atomic E-state index is -0.462. The monoisotopic (exact) mass is 475 g/mol. The van der Waals surface area contributed by atoms with Gasteiger partial charge in [-0.1, -0.05) is 17.8 Å². The van der Waals surface area contributed by atoms with Crippen molar-refractivity contribution in [3.8, 4) is 16.8 Å². The van der Waals surface area contributed by atoms with Crippen LogP contribution in [0.15, 0.2) is 22.7 Å². The van der Waals surface area contributed by atoms with E-state index in [1.54, 1.807) is 18.3 Å². The fourth-order valence-corrected chi connectivity index (χ4v) is 6.10. The van der Waals surface area contributed by atoms with Gasteiger partial charge in [-0.3, -0.25) is 4.57 Å². The van der Waals surface area contributed by atoms with Crippen molar-refractivity contribution in [1.29, 1.82) is 5.26 Å². The molecule has 0 saturated carbocycles. The van der Waals surface area contributed by atoms with Gasteiger partial charge in [0.05, 0.1) is 29.7 Å². The zero-order chi connectivity index (χ0) is 21.8. The van der Waals surface area contributed by atoms with Crippen LogP contribution in [0.2, 0.25) is 0 Å². The number of nitrogens with zero attached hydrogens (tertiary/aromatic N) is 4. The summed E-state index contributed by atoms with van der Waals surface area (Å²) in [4.78, 5) is 13.8. The number of ether oxygens (including phenoxy) is 2. The summed E-state index contributed by atoms with van der Waals surface area (Å²) in [6.45, 7) is 3.43. The molecule has 0 spiro atoms. The van der Waals surface area contributed by atoms with Crippen LogP contribution in [-0.4, -0.2) is 40.1 Å². The summed E-state index contributed by atoms with van der Waals surface area (Å²) in [5.74, 6) is 0.694. The Morgan fingerprint density at radius 1 is 1.52 bits per heavy atom. The van der Waals surface area contributed by atoms with Crippen molar-refractivity contribution in [2.45, 2.75) is 43.3 Å². The summed E-state index contributed by atoms with van der Waals surface area (Å²) < 4.78 is 13.0. The molecular weight excluding hydrogens is 454 g/mol. The molecule has 3 aromatic rings. The lowest BCUT2D eigenvalue weighted by atomic mass is 10.2. The molecule has 31 heavy (non-hydrogen) atoms. The Morgan fingerprint density at radius 3 is 3.06 bits per heavy atom. The minimum absolute atomic E-state index is 0.121. The number of hydrogen-bond acceptors (Lipinski definition) is 10. The molecule has 0 aliphatic carbocycles. The number of aromatic nitrogens is 3. The topological polar surface area (TPSA) is 116 Å². The predicted molar refractivity (Wildman–Crippen MR) is 121 cm³/mol. The maximum Gasteiger partial charge on any atom is 0.348 e. The van der Waals surface area contributed by atoms with Crippen LogP contribution in [0.4, 0.5) is 5.00 Å².